The molecule has 6 heteroatoms. The molecule has 1 N–H and O–H groups in total. The monoisotopic (exact) mass is 428 g/mol. The first-order valence-corrected chi connectivity index (χ1v) is 12.3. The average Bonchev–Trinajstić information content (AvgIpc) is 3.12. The van der Waals surface area contributed by atoms with E-state index in [1.165, 1.54) is 17.5 Å². The highest BCUT2D eigenvalue weighted by molar-refractivity contribution is 7.92. The minimum atomic E-state index is -3.60. The van der Waals surface area contributed by atoms with Crippen molar-refractivity contribution in [3.8, 4) is 0 Å². The summed E-state index contributed by atoms with van der Waals surface area (Å²) in [5.74, 6) is -0.326. The van der Waals surface area contributed by atoms with E-state index in [9.17, 15) is 13.2 Å². The highest BCUT2D eigenvalue weighted by Gasteiger charge is 2.23. The molecule has 5 nitrogen and oxygen atoms in total. The van der Waals surface area contributed by atoms with Crippen molar-refractivity contribution in [3.63, 3.8) is 0 Å². The fourth-order valence-corrected chi connectivity index (χ4v) is 4.75. The summed E-state index contributed by atoms with van der Waals surface area (Å²) in [6.07, 6.45) is 4.50. The molecule has 1 amide bonds. The van der Waals surface area contributed by atoms with Crippen LogP contribution in [0.4, 0.5) is 5.69 Å². The van der Waals surface area contributed by atoms with Crippen LogP contribution in [-0.4, -0.2) is 27.1 Å². The van der Waals surface area contributed by atoms with Gasteiger partial charge in [-0.25, -0.2) is 8.42 Å². The highest BCUT2D eigenvalue weighted by Crippen LogP contribution is 2.27. The maximum absolute atomic E-state index is 12.7. The molecule has 162 valence electrons. The van der Waals surface area contributed by atoms with Crippen LogP contribution in [0, 0.1) is 0 Å². The molecule has 0 saturated carbocycles. The van der Waals surface area contributed by atoms with Gasteiger partial charge in [-0.2, -0.15) is 0 Å². The van der Waals surface area contributed by atoms with Gasteiger partial charge in [0.2, 0.25) is 15.9 Å². The van der Waals surface area contributed by atoms with Gasteiger partial charge in [-0.15, -0.1) is 0 Å². The van der Waals surface area contributed by atoms with Gasteiger partial charge in [-0.1, -0.05) is 51.1 Å². The summed E-state index contributed by atoms with van der Waals surface area (Å²) < 4.78 is 25.9. The van der Waals surface area contributed by atoms with E-state index >= 15 is 0 Å². The predicted octanol–water partition coefficient (Wildman–Crippen LogP) is 4.12. The minimum absolute atomic E-state index is 0.0306. The zero-order chi connectivity index (χ0) is 22.1. The van der Waals surface area contributed by atoms with E-state index in [4.69, 9.17) is 0 Å². The SMILES string of the molecule is C[C@@H](NC(=O)CN(c1ccc(C(C)(C)C)cc1)S(C)(=O)=O)c1ccc2c(c1)CCC2. The van der Waals surface area contributed by atoms with Crippen molar-refractivity contribution in [2.75, 3.05) is 17.1 Å². The molecule has 0 bridgehead atoms. The Morgan fingerprint density at radius 2 is 1.70 bits per heavy atom. The molecule has 30 heavy (non-hydrogen) atoms. The third kappa shape index (κ3) is 5.22. The molecule has 0 radical (unpaired) electrons. The van der Waals surface area contributed by atoms with E-state index in [1.807, 2.05) is 19.1 Å². The van der Waals surface area contributed by atoms with Gasteiger partial charge in [0, 0.05) is 0 Å². The Morgan fingerprint density at radius 1 is 1.07 bits per heavy atom. The van der Waals surface area contributed by atoms with Gasteiger partial charge in [0.15, 0.2) is 0 Å². The van der Waals surface area contributed by atoms with Crippen molar-refractivity contribution in [2.45, 2.75) is 58.4 Å². The van der Waals surface area contributed by atoms with Crippen molar-refractivity contribution in [2.24, 2.45) is 0 Å². The predicted molar refractivity (Wildman–Crippen MR) is 122 cm³/mol. The number of nitrogens with one attached hydrogen (secondary N) is 1. The summed E-state index contributed by atoms with van der Waals surface area (Å²) in [4.78, 5) is 12.7. The molecule has 0 heterocycles. The van der Waals surface area contributed by atoms with Gasteiger partial charge < -0.3 is 5.32 Å². The van der Waals surface area contributed by atoms with E-state index < -0.39 is 10.0 Å². The summed E-state index contributed by atoms with van der Waals surface area (Å²) in [6.45, 7) is 7.99. The Kier molecular flexibility index (Phi) is 6.27. The largest absolute Gasteiger partial charge is 0.348 e. The first-order valence-electron chi connectivity index (χ1n) is 10.4. The maximum atomic E-state index is 12.7. The smallest absolute Gasteiger partial charge is 0.241 e. The molecular weight excluding hydrogens is 396 g/mol. The molecule has 0 unspecified atom stereocenters. The van der Waals surface area contributed by atoms with Gasteiger partial charge in [-0.05, 0) is 66.0 Å². The third-order valence-corrected chi connectivity index (χ3v) is 6.85. The van der Waals surface area contributed by atoms with Crippen molar-refractivity contribution < 1.29 is 13.2 Å². The van der Waals surface area contributed by atoms with Crippen LogP contribution in [0.5, 0.6) is 0 Å². The Hall–Kier alpha value is -2.34. The zero-order valence-corrected chi connectivity index (χ0v) is 19.3. The normalized spacial score (nSPS) is 14.8. The molecule has 0 saturated heterocycles. The second-order valence-electron chi connectivity index (χ2n) is 9.24. The summed E-state index contributed by atoms with van der Waals surface area (Å²) in [5.41, 5.74) is 5.35. The zero-order valence-electron chi connectivity index (χ0n) is 18.5. The van der Waals surface area contributed by atoms with E-state index in [1.54, 1.807) is 12.1 Å². The van der Waals surface area contributed by atoms with E-state index in [-0.39, 0.29) is 23.9 Å². The first kappa shape index (κ1) is 22.3. The van der Waals surface area contributed by atoms with E-state index in [0.29, 0.717) is 5.69 Å². The molecule has 1 aliphatic carbocycles. The fraction of sp³-hybridized carbons (Fsp3) is 0.458. The number of carbonyl (C=O) groups excluding carboxylic acids is 1. The summed E-state index contributed by atoms with van der Waals surface area (Å²) in [5, 5.41) is 2.95. The lowest BCUT2D eigenvalue weighted by molar-refractivity contribution is -0.120. The molecule has 0 spiro atoms. The van der Waals surface area contributed by atoms with Crippen LogP contribution in [0.3, 0.4) is 0 Å². The number of aryl methyl sites for hydroxylation is 2. The summed E-state index contributed by atoms with van der Waals surface area (Å²) in [6, 6.07) is 13.5. The van der Waals surface area contributed by atoms with Gasteiger partial charge in [-0.3, -0.25) is 9.10 Å². The molecule has 2 aromatic carbocycles. The summed E-state index contributed by atoms with van der Waals surface area (Å²) in [7, 11) is -3.60. The number of amides is 1. The molecule has 1 atom stereocenters. The molecule has 0 aromatic heterocycles. The maximum Gasteiger partial charge on any atom is 0.241 e. The first-order chi connectivity index (χ1) is 13.9. The van der Waals surface area contributed by atoms with E-state index in [0.717, 1.165) is 34.5 Å². The minimum Gasteiger partial charge on any atom is -0.348 e. The van der Waals surface area contributed by atoms with Crippen LogP contribution in [0.1, 0.15) is 62.4 Å². The van der Waals surface area contributed by atoms with Crippen LogP contribution in [0.25, 0.3) is 0 Å². The second kappa shape index (κ2) is 8.42. The van der Waals surface area contributed by atoms with E-state index in [2.05, 4.69) is 44.3 Å². The van der Waals surface area contributed by atoms with Gasteiger partial charge in [0.05, 0.1) is 18.0 Å². The number of rotatable bonds is 6. The molecule has 1 aliphatic rings. The number of hydrogen-bond donors (Lipinski definition) is 1. The number of nitrogens with zero attached hydrogens (tertiary/aromatic N) is 1. The fourth-order valence-electron chi connectivity index (χ4n) is 3.89. The highest BCUT2D eigenvalue weighted by atomic mass is 32.2. The third-order valence-electron chi connectivity index (χ3n) is 5.71. The number of hydrogen-bond acceptors (Lipinski definition) is 3. The summed E-state index contributed by atoms with van der Waals surface area (Å²) >= 11 is 0. The lowest BCUT2D eigenvalue weighted by Gasteiger charge is -2.25. The average molecular weight is 429 g/mol. The van der Waals surface area contributed by atoms with Crippen LogP contribution < -0.4 is 9.62 Å². The molecule has 0 aliphatic heterocycles. The number of benzene rings is 2. The Morgan fingerprint density at radius 3 is 2.30 bits per heavy atom. The van der Waals surface area contributed by atoms with Gasteiger partial charge in [0.1, 0.15) is 6.54 Å². The quantitative estimate of drug-likeness (QED) is 0.753. The number of anilines is 1. The van der Waals surface area contributed by atoms with Crippen molar-refractivity contribution in [1.29, 1.82) is 0 Å². The second-order valence-corrected chi connectivity index (χ2v) is 11.1. The molecule has 0 fully saturated rings. The Labute approximate surface area is 180 Å². The Balaban J connectivity index is 1.73. The molecule has 2 aromatic rings. The Bertz CT molecular complexity index is 1020. The number of carbonyl (C=O) groups is 1. The van der Waals surface area contributed by atoms with Crippen LogP contribution >= 0.6 is 0 Å². The number of fused-ring (bicyclic) bond motifs is 1. The van der Waals surface area contributed by atoms with Crippen molar-refractivity contribution in [3.05, 3.63) is 64.7 Å². The lowest BCUT2D eigenvalue weighted by atomic mass is 9.87. The lowest BCUT2D eigenvalue weighted by Crippen LogP contribution is -2.41. The topological polar surface area (TPSA) is 66.5 Å². The standard InChI is InChI=1S/C24H32N2O3S/c1-17(19-10-9-18-7-6-8-20(18)15-19)25-23(27)16-26(30(5,28)29)22-13-11-21(12-14-22)24(2,3)4/h9-15,17H,6-8,16H2,1-5H3,(H,25,27)/t17-/m1/s1. The van der Waals surface area contributed by atoms with Crippen molar-refractivity contribution in [1.82, 2.24) is 5.32 Å². The van der Waals surface area contributed by atoms with Crippen LogP contribution in [0.15, 0.2) is 42.5 Å². The van der Waals surface area contributed by atoms with Crippen LogP contribution in [0.2, 0.25) is 0 Å². The number of sulfonamides is 1. The van der Waals surface area contributed by atoms with Crippen molar-refractivity contribution >= 4 is 21.6 Å². The molecule has 3 rings (SSSR count). The van der Waals surface area contributed by atoms with Gasteiger partial charge >= 0.3 is 0 Å². The van der Waals surface area contributed by atoms with Gasteiger partial charge in [0.25, 0.3) is 0 Å². The van der Waals surface area contributed by atoms with Crippen LogP contribution in [-0.2, 0) is 33.1 Å². The molecular formula is C24H32N2O3S.